The van der Waals surface area contributed by atoms with E-state index in [-0.39, 0.29) is 13.2 Å². The van der Waals surface area contributed by atoms with Crippen molar-refractivity contribution in [3.63, 3.8) is 0 Å². The second-order valence-electron chi connectivity index (χ2n) is 5.01. The van der Waals surface area contributed by atoms with Gasteiger partial charge in [0.2, 0.25) is 0 Å². The number of rotatable bonds is 5. The van der Waals surface area contributed by atoms with Crippen molar-refractivity contribution in [2.45, 2.75) is 6.61 Å². The largest absolute Gasteiger partial charge is 0.482 e. The van der Waals surface area contributed by atoms with Crippen LogP contribution in [-0.2, 0) is 16.1 Å². The number of fused-ring (bicyclic) bond motifs is 1. The Morgan fingerprint density at radius 2 is 1.88 bits per heavy atom. The van der Waals surface area contributed by atoms with Crippen molar-refractivity contribution in [3.8, 4) is 5.75 Å². The lowest BCUT2D eigenvalue weighted by Crippen LogP contribution is -2.15. The van der Waals surface area contributed by atoms with Gasteiger partial charge in [-0.05, 0) is 24.3 Å². The molecule has 0 N–H and O–H groups in total. The molecule has 24 heavy (non-hydrogen) atoms. The summed E-state index contributed by atoms with van der Waals surface area (Å²) in [5.74, 6) is 0.120. The van der Waals surface area contributed by atoms with Crippen LogP contribution in [0.15, 0.2) is 54.7 Å². The first-order valence-corrected chi connectivity index (χ1v) is 7.95. The molecule has 2 aromatic carbocycles. The second kappa shape index (κ2) is 7.51. The maximum absolute atomic E-state index is 11.9. The molecule has 0 amide bonds. The highest BCUT2D eigenvalue weighted by Gasteiger charge is 2.12. The van der Waals surface area contributed by atoms with Crippen LogP contribution in [0.1, 0.15) is 5.56 Å². The van der Waals surface area contributed by atoms with Gasteiger partial charge in [0.25, 0.3) is 0 Å². The topological polar surface area (TPSA) is 48.4 Å². The van der Waals surface area contributed by atoms with Crippen molar-refractivity contribution >= 4 is 40.1 Å². The molecule has 0 fully saturated rings. The summed E-state index contributed by atoms with van der Waals surface area (Å²) < 4.78 is 10.6. The van der Waals surface area contributed by atoms with Gasteiger partial charge in [-0.25, -0.2) is 4.79 Å². The predicted octanol–water partition coefficient (Wildman–Crippen LogP) is 4.66. The summed E-state index contributed by atoms with van der Waals surface area (Å²) in [6.45, 7) is -0.159. The fraction of sp³-hybridized carbons (Fsp3) is 0.111. The van der Waals surface area contributed by atoms with E-state index in [4.69, 9.17) is 32.7 Å². The average molecular weight is 362 g/mol. The highest BCUT2D eigenvalue weighted by atomic mass is 35.5. The van der Waals surface area contributed by atoms with E-state index in [1.165, 1.54) is 6.20 Å². The van der Waals surface area contributed by atoms with E-state index in [9.17, 15) is 4.79 Å². The molecule has 0 aliphatic carbocycles. The number of ether oxygens (including phenoxy) is 2. The molecule has 3 rings (SSSR count). The van der Waals surface area contributed by atoms with E-state index in [1.54, 1.807) is 24.3 Å². The van der Waals surface area contributed by atoms with E-state index < -0.39 is 5.97 Å². The van der Waals surface area contributed by atoms with Gasteiger partial charge in [0.15, 0.2) is 6.61 Å². The Hall–Kier alpha value is -2.30. The molecule has 4 nitrogen and oxygen atoms in total. The van der Waals surface area contributed by atoms with Crippen molar-refractivity contribution in [2.75, 3.05) is 6.61 Å². The van der Waals surface area contributed by atoms with E-state index in [1.807, 2.05) is 24.3 Å². The van der Waals surface area contributed by atoms with Gasteiger partial charge in [-0.3, -0.25) is 4.98 Å². The first-order chi connectivity index (χ1) is 11.6. The maximum atomic E-state index is 11.9. The molecule has 122 valence electrons. The minimum Gasteiger partial charge on any atom is -0.482 e. The Kier molecular flexibility index (Phi) is 5.18. The smallest absolute Gasteiger partial charge is 0.344 e. The number of halogens is 2. The summed E-state index contributed by atoms with van der Waals surface area (Å²) in [6.07, 6.45) is 1.53. The van der Waals surface area contributed by atoms with Crippen molar-refractivity contribution in [2.24, 2.45) is 0 Å². The van der Waals surface area contributed by atoms with Crippen molar-refractivity contribution in [1.82, 2.24) is 4.98 Å². The molecule has 1 heterocycles. The van der Waals surface area contributed by atoms with Crippen LogP contribution in [0.5, 0.6) is 5.75 Å². The number of para-hydroxylation sites is 1. The van der Waals surface area contributed by atoms with Gasteiger partial charge in [-0.2, -0.15) is 0 Å². The van der Waals surface area contributed by atoms with Crippen LogP contribution in [0.2, 0.25) is 10.0 Å². The minimum atomic E-state index is -0.485. The van der Waals surface area contributed by atoms with Crippen LogP contribution >= 0.6 is 23.2 Å². The van der Waals surface area contributed by atoms with E-state index >= 15 is 0 Å². The van der Waals surface area contributed by atoms with Gasteiger partial charge in [-0.1, -0.05) is 47.5 Å². The highest BCUT2D eigenvalue weighted by Crippen LogP contribution is 2.27. The molecule has 6 heteroatoms. The zero-order chi connectivity index (χ0) is 16.9. The normalized spacial score (nSPS) is 10.6. The molecule has 3 aromatic rings. The molecule has 0 saturated carbocycles. The van der Waals surface area contributed by atoms with Crippen LogP contribution in [0.4, 0.5) is 0 Å². The summed E-state index contributed by atoms with van der Waals surface area (Å²) >= 11 is 12.1. The number of hydrogen-bond donors (Lipinski definition) is 0. The van der Waals surface area contributed by atoms with Gasteiger partial charge < -0.3 is 9.47 Å². The fourth-order valence-electron chi connectivity index (χ4n) is 2.20. The molecule has 0 radical (unpaired) electrons. The van der Waals surface area contributed by atoms with Crippen LogP contribution in [0.3, 0.4) is 0 Å². The molecule has 0 bridgehead atoms. The second-order valence-corrected chi connectivity index (χ2v) is 5.86. The van der Waals surface area contributed by atoms with Gasteiger partial charge in [-0.15, -0.1) is 0 Å². The summed E-state index contributed by atoms with van der Waals surface area (Å²) in [5.41, 5.74) is 1.29. The average Bonchev–Trinajstić information content (AvgIpc) is 2.60. The predicted molar refractivity (Wildman–Crippen MR) is 93.5 cm³/mol. The first-order valence-electron chi connectivity index (χ1n) is 7.19. The van der Waals surface area contributed by atoms with Crippen molar-refractivity contribution < 1.29 is 14.3 Å². The molecule has 0 saturated heterocycles. The molecule has 0 atom stereocenters. The van der Waals surface area contributed by atoms with E-state index in [0.29, 0.717) is 26.9 Å². The highest BCUT2D eigenvalue weighted by molar-refractivity contribution is 6.33. The van der Waals surface area contributed by atoms with Crippen LogP contribution < -0.4 is 4.74 Å². The molecule has 0 aliphatic heterocycles. The molecule has 0 unspecified atom stereocenters. The van der Waals surface area contributed by atoms with Gasteiger partial charge in [0, 0.05) is 22.2 Å². The summed E-state index contributed by atoms with van der Waals surface area (Å²) in [4.78, 5) is 16.1. The Labute approximate surface area is 148 Å². The van der Waals surface area contributed by atoms with Crippen molar-refractivity contribution in [1.29, 1.82) is 0 Å². The number of aromatic nitrogens is 1. The monoisotopic (exact) mass is 361 g/mol. The summed E-state index contributed by atoms with van der Waals surface area (Å²) in [6, 6.07) is 14.4. The van der Waals surface area contributed by atoms with Crippen molar-refractivity contribution in [3.05, 3.63) is 70.3 Å². The quantitative estimate of drug-likeness (QED) is 0.619. The number of hydrogen-bond acceptors (Lipinski definition) is 4. The molecular formula is C18H13Cl2NO3. The number of esters is 1. The lowest BCUT2D eigenvalue weighted by molar-refractivity contribution is -0.147. The Balaban J connectivity index is 1.67. The molecule has 0 spiro atoms. The van der Waals surface area contributed by atoms with Crippen LogP contribution in [-0.4, -0.2) is 17.6 Å². The van der Waals surface area contributed by atoms with Gasteiger partial charge >= 0.3 is 5.97 Å². The Bertz CT molecular complexity index is 869. The zero-order valence-electron chi connectivity index (χ0n) is 12.5. The summed E-state index contributed by atoms with van der Waals surface area (Å²) in [7, 11) is 0. The third-order valence-electron chi connectivity index (χ3n) is 3.34. The molecule has 1 aromatic heterocycles. The molecular weight excluding hydrogens is 349 g/mol. The lowest BCUT2D eigenvalue weighted by Gasteiger charge is -2.10. The summed E-state index contributed by atoms with van der Waals surface area (Å²) in [5, 5.41) is 1.84. The van der Waals surface area contributed by atoms with E-state index in [2.05, 4.69) is 4.98 Å². The third kappa shape index (κ3) is 3.96. The van der Waals surface area contributed by atoms with E-state index in [0.717, 1.165) is 5.39 Å². The lowest BCUT2D eigenvalue weighted by atomic mass is 10.1. The Morgan fingerprint density at radius 3 is 2.67 bits per heavy atom. The van der Waals surface area contributed by atoms with Gasteiger partial charge in [0.1, 0.15) is 12.4 Å². The molecule has 0 aliphatic rings. The Morgan fingerprint density at radius 1 is 1.08 bits per heavy atom. The number of pyridine rings is 1. The standard InChI is InChI=1S/C18H13Cl2NO3/c19-13-8-12-6-7-16(20)15(18(12)21-9-13)10-24-17(22)11-23-14-4-2-1-3-5-14/h1-9H,10-11H2. The minimum absolute atomic E-state index is 0.0157. The number of benzene rings is 2. The SMILES string of the molecule is O=C(COc1ccccc1)OCc1c(Cl)ccc2cc(Cl)cnc12. The van der Waals surface area contributed by atoms with Gasteiger partial charge in [0.05, 0.1) is 10.5 Å². The number of nitrogens with zero attached hydrogens (tertiary/aromatic N) is 1. The first kappa shape index (κ1) is 16.6. The van der Waals surface area contributed by atoms with Crippen LogP contribution in [0, 0.1) is 0 Å². The zero-order valence-corrected chi connectivity index (χ0v) is 14.1. The third-order valence-corrected chi connectivity index (χ3v) is 3.91. The number of carbonyl (C=O) groups excluding carboxylic acids is 1. The maximum Gasteiger partial charge on any atom is 0.344 e. The number of carbonyl (C=O) groups is 1. The fourth-order valence-corrected chi connectivity index (χ4v) is 2.57. The van der Waals surface area contributed by atoms with Crippen LogP contribution in [0.25, 0.3) is 10.9 Å².